The summed E-state index contributed by atoms with van der Waals surface area (Å²) < 4.78 is 5.43. The molecule has 2 saturated carbocycles. The summed E-state index contributed by atoms with van der Waals surface area (Å²) in [4.78, 5) is 25.9. The first-order valence-electron chi connectivity index (χ1n) is 8.72. The number of aliphatic carboxylic acids is 1. The van der Waals surface area contributed by atoms with Crippen molar-refractivity contribution in [2.45, 2.75) is 38.7 Å². The summed E-state index contributed by atoms with van der Waals surface area (Å²) in [7, 11) is 0. The van der Waals surface area contributed by atoms with Crippen LogP contribution in [0.1, 0.15) is 37.7 Å². The van der Waals surface area contributed by atoms with Gasteiger partial charge in [-0.2, -0.15) is 0 Å². The molecule has 5 nitrogen and oxygen atoms in total. The van der Waals surface area contributed by atoms with E-state index in [0.29, 0.717) is 12.5 Å². The van der Waals surface area contributed by atoms with Crippen molar-refractivity contribution in [3.05, 3.63) is 35.9 Å². The van der Waals surface area contributed by atoms with Crippen LogP contribution in [0.4, 0.5) is 4.79 Å². The third kappa shape index (κ3) is 2.38. The van der Waals surface area contributed by atoms with Crippen LogP contribution in [0.5, 0.6) is 0 Å². The highest BCUT2D eigenvalue weighted by atomic mass is 16.6. The van der Waals surface area contributed by atoms with Crippen molar-refractivity contribution in [1.82, 2.24) is 4.90 Å². The normalized spacial score (nSPS) is 31.8. The highest BCUT2D eigenvalue weighted by Gasteiger charge is 2.67. The highest BCUT2D eigenvalue weighted by Crippen LogP contribution is 2.65. The van der Waals surface area contributed by atoms with Gasteiger partial charge in [-0.15, -0.1) is 0 Å². The van der Waals surface area contributed by atoms with E-state index in [1.165, 1.54) is 19.3 Å². The lowest BCUT2D eigenvalue weighted by atomic mass is 9.43. The number of amides is 1. The van der Waals surface area contributed by atoms with Crippen LogP contribution < -0.4 is 0 Å². The summed E-state index contributed by atoms with van der Waals surface area (Å²) in [6.45, 7) is 1.16. The van der Waals surface area contributed by atoms with Gasteiger partial charge in [-0.05, 0) is 42.6 Å². The summed E-state index contributed by atoms with van der Waals surface area (Å²) in [5.74, 6) is -0.187. The predicted molar refractivity (Wildman–Crippen MR) is 87.3 cm³/mol. The van der Waals surface area contributed by atoms with Gasteiger partial charge in [-0.25, -0.2) is 4.79 Å². The lowest BCUT2D eigenvalue weighted by molar-refractivity contribution is -0.199. The average molecular weight is 329 g/mol. The largest absolute Gasteiger partial charge is 0.481 e. The molecule has 2 saturated heterocycles. The number of hydrogen-bond donors (Lipinski definition) is 1. The Morgan fingerprint density at radius 1 is 1.17 bits per heavy atom. The monoisotopic (exact) mass is 329 g/mol. The summed E-state index contributed by atoms with van der Waals surface area (Å²) in [5, 5.41) is 9.65. The second kappa shape index (κ2) is 5.50. The van der Waals surface area contributed by atoms with Crippen molar-refractivity contribution in [3.8, 4) is 0 Å². The second-order valence-corrected chi connectivity index (χ2v) is 7.83. The Balaban J connectivity index is 1.44. The van der Waals surface area contributed by atoms with Crippen LogP contribution in [0.25, 0.3) is 0 Å². The SMILES string of the molecule is O=C(OCc1ccccc1)N1CC2(C(=O)O)CC(C3CCC3)(C1)C2. The molecule has 128 valence electrons. The minimum atomic E-state index is -0.766. The standard InChI is InChI=1S/C19H23NO4/c21-16(22)19-10-18(11-19,15-7-4-8-15)12-20(13-19)17(23)24-9-14-5-2-1-3-6-14/h1-3,5-6,15H,4,7-13H2,(H,21,22). The van der Waals surface area contributed by atoms with Gasteiger partial charge in [0.05, 0.1) is 5.41 Å². The molecule has 2 aliphatic heterocycles. The van der Waals surface area contributed by atoms with E-state index in [1.807, 2.05) is 30.3 Å². The van der Waals surface area contributed by atoms with Crippen molar-refractivity contribution in [3.63, 3.8) is 0 Å². The van der Waals surface area contributed by atoms with Crippen LogP contribution >= 0.6 is 0 Å². The van der Waals surface area contributed by atoms with Crippen molar-refractivity contribution in [1.29, 1.82) is 0 Å². The Kier molecular flexibility index (Phi) is 3.55. The molecule has 1 N–H and O–H groups in total. The van der Waals surface area contributed by atoms with Gasteiger partial charge in [0.15, 0.2) is 0 Å². The van der Waals surface area contributed by atoms with Crippen molar-refractivity contribution in [2.75, 3.05) is 13.1 Å². The van der Waals surface area contributed by atoms with E-state index in [1.54, 1.807) is 4.90 Å². The Bertz CT molecular complexity index is 647. The molecular formula is C19H23NO4. The van der Waals surface area contributed by atoms with E-state index < -0.39 is 11.4 Å². The molecule has 1 aromatic carbocycles. The van der Waals surface area contributed by atoms with Gasteiger partial charge in [0.1, 0.15) is 6.61 Å². The number of carboxylic acid groups (broad SMARTS) is 1. The number of piperidine rings is 2. The number of hydrogen-bond acceptors (Lipinski definition) is 3. The third-order valence-electron chi connectivity index (χ3n) is 6.27. The molecule has 1 amide bonds. The Morgan fingerprint density at radius 3 is 2.46 bits per heavy atom. The minimum absolute atomic E-state index is 0.0145. The zero-order valence-electron chi connectivity index (χ0n) is 13.7. The van der Waals surface area contributed by atoms with E-state index in [4.69, 9.17) is 4.74 Å². The highest BCUT2D eigenvalue weighted by molar-refractivity contribution is 5.79. The Hall–Kier alpha value is -2.04. The van der Waals surface area contributed by atoms with Crippen molar-refractivity contribution in [2.24, 2.45) is 16.7 Å². The van der Waals surface area contributed by atoms with E-state index in [-0.39, 0.29) is 24.7 Å². The molecule has 0 spiro atoms. The van der Waals surface area contributed by atoms with Gasteiger partial charge in [0, 0.05) is 13.1 Å². The number of fused-ring (bicyclic) bond motifs is 2. The predicted octanol–water partition coefficient (Wildman–Crippen LogP) is 3.29. The molecular weight excluding hydrogens is 306 g/mol. The second-order valence-electron chi connectivity index (χ2n) is 7.83. The van der Waals surface area contributed by atoms with Crippen LogP contribution in [-0.4, -0.2) is 35.2 Å². The number of nitrogens with zero attached hydrogens (tertiary/aromatic N) is 1. The molecule has 4 aliphatic rings. The number of carbonyl (C=O) groups is 2. The fraction of sp³-hybridized carbons (Fsp3) is 0.579. The maximum atomic E-state index is 12.5. The van der Waals surface area contributed by atoms with E-state index in [9.17, 15) is 14.7 Å². The number of benzene rings is 1. The maximum Gasteiger partial charge on any atom is 0.410 e. The third-order valence-corrected chi connectivity index (χ3v) is 6.27. The molecule has 1 aromatic rings. The number of ether oxygens (including phenoxy) is 1. The zero-order valence-corrected chi connectivity index (χ0v) is 13.7. The molecule has 24 heavy (non-hydrogen) atoms. The fourth-order valence-electron chi connectivity index (χ4n) is 4.92. The lowest BCUT2D eigenvalue weighted by Gasteiger charge is -2.65. The molecule has 2 heterocycles. The topological polar surface area (TPSA) is 66.8 Å². The molecule has 0 radical (unpaired) electrons. The quantitative estimate of drug-likeness (QED) is 0.920. The summed E-state index contributed by atoms with van der Waals surface area (Å²) >= 11 is 0. The number of carboxylic acids is 1. The van der Waals surface area contributed by atoms with Crippen molar-refractivity contribution < 1.29 is 19.4 Å². The molecule has 4 fully saturated rings. The average Bonchev–Trinajstić information content (AvgIpc) is 2.50. The molecule has 0 atom stereocenters. The summed E-state index contributed by atoms with van der Waals surface area (Å²) in [6, 6.07) is 9.56. The van der Waals surface area contributed by atoms with Gasteiger partial charge in [0.25, 0.3) is 0 Å². The first-order valence-corrected chi connectivity index (χ1v) is 8.72. The first-order chi connectivity index (χ1) is 11.5. The van der Waals surface area contributed by atoms with Gasteiger partial charge < -0.3 is 14.7 Å². The van der Waals surface area contributed by atoms with Crippen LogP contribution in [0.2, 0.25) is 0 Å². The molecule has 2 aliphatic carbocycles. The van der Waals surface area contributed by atoms with E-state index in [2.05, 4.69) is 0 Å². The molecule has 5 rings (SSSR count). The van der Waals surface area contributed by atoms with Crippen LogP contribution in [0, 0.1) is 16.7 Å². The van der Waals surface area contributed by atoms with Crippen LogP contribution in [0.15, 0.2) is 30.3 Å². The number of carbonyl (C=O) groups excluding carboxylic acids is 1. The Morgan fingerprint density at radius 2 is 1.88 bits per heavy atom. The van der Waals surface area contributed by atoms with Gasteiger partial charge in [0.2, 0.25) is 0 Å². The fourth-order valence-corrected chi connectivity index (χ4v) is 4.92. The van der Waals surface area contributed by atoms with Crippen LogP contribution in [0.3, 0.4) is 0 Å². The van der Waals surface area contributed by atoms with Crippen molar-refractivity contribution >= 4 is 12.1 Å². The Labute approximate surface area is 141 Å². The van der Waals surface area contributed by atoms with Gasteiger partial charge in [-0.3, -0.25) is 4.79 Å². The number of rotatable bonds is 4. The lowest BCUT2D eigenvalue weighted by Crippen LogP contribution is -2.69. The molecule has 5 heteroatoms. The first kappa shape index (κ1) is 15.5. The molecule has 0 aromatic heterocycles. The maximum absolute atomic E-state index is 12.5. The van der Waals surface area contributed by atoms with E-state index >= 15 is 0 Å². The van der Waals surface area contributed by atoms with Gasteiger partial charge in [-0.1, -0.05) is 36.8 Å². The summed E-state index contributed by atoms with van der Waals surface area (Å²) in [5.41, 5.74) is 0.204. The molecule has 2 bridgehead atoms. The minimum Gasteiger partial charge on any atom is -0.481 e. The zero-order chi connectivity index (χ0) is 16.8. The van der Waals surface area contributed by atoms with Crippen LogP contribution in [-0.2, 0) is 16.1 Å². The van der Waals surface area contributed by atoms with E-state index in [0.717, 1.165) is 18.4 Å². The molecule has 0 unspecified atom stereocenters. The van der Waals surface area contributed by atoms with Gasteiger partial charge >= 0.3 is 12.1 Å². The summed E-state index contributed by atoms with van der Waals surface area (Å²) in [6.07, 6.45) is 4.63. The smallest absolute Gasteiger partial charge is 0.410 e.